The molecule has 1 aromatic carbocycles. The molecule has 0 aliphatic carbocycles. The summed E-state index contributed by atoms with van der Waals surface area (Å²) in [5, 5.41) is 4.37. The molecule has 1 aliphatic heterocycles. The molecule has 0 saturated carbocycles. The first kappa shape index (κ1) is 25.4. The zero-order chi connectivity index (χ0) is 24.4. The Morgan fingerprint density at radius 2 is 1.91 bits per heavy atom. The predicted octanol–water partition coefficient (Wildman–Crippen LogP) is 4.59. The molecule has 0 spiro atoms. The highest BCUT2D eigenvalue weighted by molar-refractivity contribution is 7.99. The molecule has 1 fully saturated rings. The van der Waals surface area contributed by atoms with Crippen LogP contribution in [0, 0.1) is 6.92 Å². The van der Waals surface area contributed by atoms with Gasteiger partial charge < -0.3 is 20.7 Å². The molecular formula is C22H27Cl2N5O3S. The van der Waals surface area contributed by atoms with Crippen molar-refractivity contribution in [1.82, 2.24) is 15.3 Å². The fourth-order valence-electron chi connectivity index (χ4n) is 3.43. The molecule has 11 heteroatoms. The van der Waals surface area contributed by atoms with E-state index >= 15 is 0 Å². The minimum atomic E-state index is -1.17. The van der Waals surface area contributed by atoms with Gasteiger partial charge in [0.2, 0.25) is 5.91 Å². The first-order chi connectivity index (χ1) is 15.4. The van der Waals surface area contributed by atoms with Crippen molar-refractivity contribution in [3.05, 3.63) is 40.1 Å². The molecular weight excluding hydrogens is 485 g/mol. The zero-order valence-electron chi connectivity index (χ0n) is 18.9. The lowest BCUT2D eigenvalue weighted by Gasteiger charge is -2.40. The highest BCUT2D eigenvalue weighted by Gasteiger charge is 2.42. The molecule has 178 valence electrons. The lowest BCUT2D eigenvalue weighted by molar-refractivity contribution is -0.125. The molecule has 0 atom stereocenters. The van der Waals surface area contributed by atoms with Crippen molar-refractivity contribution >= 4 is 52.8 Å². The number of carbonyl (C=O) groups excluding carboxylic acids is 2. The average molecular weight is 512 g/mol. The minimum absolute atomic E-state index is 0.330. The van der Waals surface area contributed by atoms with Crippen LogP contribution in [0.25, 0.3) is 0 Å². The van der Waals surface area contributed by atoms with Crippen LogP contribution >= 0.6 is 35.0 Å². The number of hydrogen-bond acceptors (Lipinski definition) is 7. The van der Waals surface area contributed by atoms with Gasteiger partial charge in [-0.25, -0.2) is 14.8 Å². The predicted molar refractivity (Wildman–Crippen MR) is 130 cm³/mol. The summed E-state index contributed by atoms with van der Waals surface area (Å²) < 4.78 is 5.31. The van der Waals surface area contributed by atoms with E-state index in [0.717, 1.165) is 15.6 Å². The molecule has 0 radical (unpaired) electrons. The highest BCUT2D eigenvalue weighted by atomic mass is 35.5. The molecule has 2 aromatic rings. The Bertz CT molecular complexity index is 1050. The van der Waals surface area contributed by atoms with Gasteiger partial charge in [0.25, 0.3) is 0 Å². The van der Waals surface area contributed by atoms with E-state index in [4.69, 9.17) is 33.7 Å². The van der Waals surface area contributed by atoms with Crippen molar-refractivity contribution in [2.75, 3.05) is 18.0 Å². The van der Waals surface area contributed by atoms with Crippen LogP contribution in [0.1, 0.15) is 39.3 Å². The topological polar surface area (TPSA) is 110 Å². The number of carbonyl (C=O) groups is 2. The fraction of sp³-hybridized carbons (Fsp3) is 0.455. The maximum Gasteiger partial charge on any atom is 0.408 e. The second-order valence-electron chi connectivity index (χ2n) is 8.83. The summed E-state index contributed by atoms with van der Waals surface area (Å²) in [7, 11) is 0. The molecule has 8 nitrogen and oxygen atoms in total. The van der Waals surface area contributed by atoms with Crippen molar-refractivity contribution < 1.29 is 14.3 Å². The Kier molecular flexibility index (Phi) is 7.65. The number of hydrogen-bond donors (Lipinski definition) is 2. The van der Waals surface area contributed by atoms with E-state index in [1.54, 1.807) is 33.0 Å². The Morgan fingerprint density at radius 1 is 1.24 bits per heavy atom. The number of primary amides is 1. The Labute approximate surface area is 207 Å². The van der Waals surface area contributed by atoms with Crippen LogP contribution in [0.4, 0.5) is 10.6 Å². The average Bonchev–Trinajstić information content (AvgIpc) is 2.71. The van der Waals surface area contributed by atoms with Gasteiger partial charge in [-0.1, -0.05) is 41.0 Å². The maximum absolute atomic E-state index is 12.3. The van der Waals surface area contributed by atoms with Gasteiger partial charge in [-0.15, -0.1) is 0 Å². The number of piperidine rings is 1. The number of rotatable bonds is 5. The number of amides is 2. The zero-order valence-corrected chi connectivity index (χ0v) is 21.3. The smallest absolute Gasteiger partial charge is 0.408 e. The molecule has 2 heterocycles. The third-order valence-electron chi connectivity index (χ3n) is 5.16. The van der Waals surface area contributed by atoms with E-state index in [1.807, 2.05) is 24.0 Å². The molecule has 2 amide bonds. The van der Waals surface area contributed by atoms with Gasteiger partial charge in [0.15, 0.2) is 0 Å². The van der Waals surface area contributed by atoms with Gasteiger partial charge in [-0.05, 0) is 52.7 Å². The van der Waals surface area contributed by atoms with Crippen LogP contribution in [0.15, 0.2) is 34.3 Å². The van der Waals surface area contributed by atoms with Crippen LogP contribution in [0.3, 0.4) is 0 Å². The SMILES string of the molecule is Cc1nc(N2CCC(NC(=O)OC(C)(C)C)(C(N)=O)CC2)cnc1Sc1cccc(Cl)c1Cl. The Hall–Kier alpha value is -2.23. The van der Waals surface area contributed by atoms with E-state index in [2.05, 4.69) is 15.3 Å². The number of aromatic nitrogens is 2. The van der Waals surface area contributed by atoms with Crippen molar-refractivity contribution in [2.45, 2.75) is 61.6 Å². The standard InChI is InChI=1S/C22H27Cl2N5O3S/c1-13-18(33-15-7-5-6-14(23)17(15)24)26-12-16(27-13)29-10-8-22(9-11-29,19(25)30)28-20(31)32-21(2,3)4/h5-7,12H,8-11H2,1-4H3,(H2,25,30)(H,28,31). The van der Waals surface area contributed by atoms with Crippen LogP contribution in [-0.4, -0.2) is 46.2 Å². The molecule has 1 aromatic heterocycles. The molecule has 1 saturated heterocycles. The van der Waals surface area contributed by atoms with Gasteiger partial charge >= 0.3 is 6.09 Å². The maximum atomic E-state index is 12.3. The number of nitrogens with zero attached hydrogens (tertiary/aromatic N) is 3. The van der Waals surface area contributed by atoms with Crippen LogP contribution < -0.4 is 16.0 Å². The summed E-state index contributed by atoms with van der Waals surface area (Å²) in [6.07, 6.45) is 1.69. The summed E-state index contributed by atoms with van der Waals surface area (Å²) >= 11 is 13.8. The van der Waals surface area contributed by atoms with E-state index in [9.17, 15) is 9.59 Å². The van der Waals surface area contributed by atoms with Crippen molar-refractivity contribution in [3.8, 4) is 0 Å². The molecule has 3 N–H and O–H groups in total. The van der Waals surface area contributed by atoms with Crippen LogP contribution in [0.2, 0.25) is 10.0 Å². The van der Waals surface area contributed by atoms with Crippen molar-refractivity contribution in [1.29, 1.82) is 0 Å². The number of nitrogens with two attached hydrogens (primary N) is 1. The van der Waals surface area contributed by atoms with Gasteiger partial charge in [-0.2, -0.15) is 0 Å². The normalized spacial score (nSPS) is 15.8. The number of alkyl carbamates (subject to hydrolysis) is 1. The van der Waals surface area contributed by atoms with Gasteiger partial charge in [0.05, 0.1) is 21.9 Å². The van der Waals surface area contributed by atoms with Crippen molar-refractivity contribution in [2.24, 2.45) is 5.73 Å². The number of ether oxygens (including phenoxy) is 1. The molecule has 3 rings (SSSR count). The summed E-state index contributed by atoms with van der Waals surface area (Å²) in [5.74, 6) is 0.102. The first-order valence-electron chi connectivity index (χ1n) is 10.4. The number of aryl methyl sites for hydroxylation is 1. The summed E-state index contributed by atoms with van der Waals surface area (Å²) in [6.45, 7) is 8.10. The Balaban J connectivity index is 1.69. The third kappa shape index (κ3) is 6.22. The number of anilines is 1. The van der Waals surface area contributed by atoms with E-state index in [0.29, 0.717) is 41.8 Å². The first-order valence-corrected chi connectivity index (χ1v) is 12.0. The quantitative estimate of drug-likeness (QED) is 0.603. The largest absolute Gasteiger partial charge is 0.444 e. The number of halogens is 2. The van der Waals surface area contributed by atoms with E-state index < -0.39 is 23.1 Å². The van der Waals surface area contributed by atoms with E-state index in [-0.39, 0.29) is 0 Å². The van der Waals surface area contributed by atoms with Gasteiger partial charge in [0, 0.05) is 18.0 Å². The van der Waals surface area contributed by atoms with Gasteiger partial charge in [0.1, 0.15) is 22.0 Å². The third-order valence-corrected chi connectivity index (χ3v) is 7.25. The summed E-state index contributed by atoms with van der Waals surface area (Å²) in [5.41, 5.74) is 4.56. The fourth-order valence-corrected chi connectivity index (χ4v) is 4.75. The number of nitrogens with one attached hydrogen (secondary N) is 1. The van der Waals surface area contributed by atoms with Crippen LogP contribution in [0.5, 0.6) is 0 Å². The Morgan fingerprint density at radius 3 is 2.48 bits per heavy atom. The molecule has 0 bridgehead atoms. The van der Waals surface area contributed by atoms with Crippen molar-refractivity contribution in [3.63, 3.8) is 0 Å². The lowest BCUT2D eigenvalue weighted by atomic mass is 9.87. The van der Waals surface area contributed by atoms with Gasteiger partial charge in [-0.3, -0.25) is 4.79 Å². The monoisotopic (exact) mass is 511 g/mol. The minimum Gasteiger partial charge on any atom is -0.444 e. The van der Waals surface area contributed by atoms with E-state index in [1.165, 1.54) is 11.8 Å². The summed E-state index contributed by atoms with van der Waals surface area (Å²) in [4.78, 5) is 36.5. The number of benzene rings is 1. The lowest BCUT2D eigenvalue weighted by Crippen LogP contribution is -2.63. The molecule has 33 heavy (non-hydrogen) atoms. The highest BCUT2D eigenvalue weighted by Crippen LogP contribution is 2.37. The molecule has 0 unspecified atom stereocenters. The molecule has 1 aliphatic rings. The summed E-state index contributed by atoms with van der Waals surface area (Å²) in [6, 6.07) is 5.44. The second kappa shape index (κ2) is 9.95. The van der Waals surface area contributed by atoms with Crippen LogP contribution in [-0.2, 0) is 9.53 Å². The second-order valence-corrected chi connectivity index (χ2v) is 10.6.